The van der Waals surface area contributed by atoms with Gasteiger partial charge in [0.25, 0.3) is 0 Å². The van der Waals surface area contributed by atoms with Crippen molar-refractivity contribution in [3.05, 3.63) is 41.3 Å². The second-order valence-corrected chi connectivity index (χ2v) is 3.61. The number of hydrogen-bond acceptors (Lipinski definition) is 4. The molecule has 16 heavy (non-hydrogen) atoms. The van der Waals surface area contributed by atoms with Crippen LogP contribution < -0.4 is 0 Å². The first kappa shape index (κ1) is 10.7. The molecule has 0 N–H and O–H groups in total. The van der Waals surface area contributed by atoms with Gasteiger partial charge in [0.1, 0.15) is 0 Å². The molecule has 1 aromatic carbocycles. The van der Waals surface area contributed by atoms with Crippen LogP contribution in [0.25, 0.3) is 11.3 Å². The van der Waals surface area contributed by atoms with Gasteiger partial charge in [-0.05, 0) is 6.07 Å². The quantitative estimate of drug-likeness (QED) is 0.748. The van der Waals surface area contributed by atoms with Crippen LogP contribution in [-0.4, -0.2) is 21.0 Å². The van der Waals surface area contributed by atoms with Crippen molar-refractivity contribution in [3.8, 4) is 11.3 Å². The fourth-order valence-corrected chi connectivity index (χ4v) is 1.48. The van der Waals surface area contributed by atoms with Crippen LogP contribution in [0.4, 0.5) is 0 Å². The lowest BCUT2D eigenvalue weighted by Crippen LogP contribution is -2.03. The lowest BCUT2D eigenvalue weighted by molar-refractivity contribution is 0.100. The average molecular weight is 234 g/mol. The third kappa shape index (κ3) is 2.06. The van der Waals surface area contributed by atoms with Crippen molar-refractivity contribution in [2.75, 3.05) is 0 Å². The molecule has 2 aromatic rings. The summed E-state index contributed by atoms with van der Waals surface area (Å²) in [6.07, 6.45) is 1.48. The molecule has 0 bridgehead atoms. The minimum absolute atomic E-state index is 0.0948. The monoisotopic (exact) mass is 233 g/mol. The van der Waals surface area contributed by atoms with E-state index in [0.717, 1.165) is 5.56 Å². The van der Waals surface area contributed by atoms with Gasteiger partial charge in [-0.25, -0.2) is 4.98 Å². The lowest BCUT2D eigenvalue weighted by Gasteiger charge is -2.02. The molecular weight excluding hydrogens is 226 g/mol. The molecule has 0 saturated heterocycles. The molecule has 4 nitrogen and oxygen atoms in total. The smallest absolute Gasteiger partial charge is 0.218 e. The minimum Gasteiger partial charge on any atom is -0.291 e. The maximum Gasteiger partial charge on any atom is 0.218 e. The Morgan fingerprint density at radius 2 is 2.06 bits per heavy atom. The Morgan fingerprint density at radius 1 is 1.31 bits per heavy atom. The Hall–Kier alpha value is -1.81. The maximum atomic E-state index is 11.1. The molecule has 0 saturated carbocycles. The van der Waals surface area contributed by atoms with E-state index in [2.05, 4.69) is 15.2 Å². The molecule has 0 spiro atoms. The van der Waals surface area contributed by atoms with E-state index in [1.54, 1.807) is 6.07 Å². The van der Waals surface area contributed by atoms with Crippen molar-refractivity contribution in [2.24, 2.45) is 0 Å². The van der Waals surface area contributed by atoms with E-state index in [1.165, 1.54) is 13.1 Å². The van der Waals surface area contributed by atoms with Gasteiger partial charge in [-0.1, -0.05) is 29.8 Å². The number of benzene rings is 1. The summed E-state index contributed by atoms with van der Waals surface area (Å²) in [5, 5.41) is 7.94. The minimum atomic E-state index is -0.221. The van der Waals surface area contributed by atoms with Gasteiger partial charge >= 0.3 is 0 Å². The van der Waals surface area contributed by atoms with E-state index in [0.29, 0.717) is 10.7 Å². The highest BCUT2D eigenvalue weighted by Gasteiger charge is 2.08. The number of carbonyl (C=O) groups is 1. The zero-order valence-electron chi connectivity index (χ0n) is 8.51. The average Bonchev–Trinajstić information content (AvgIpc) is 2.30. The molecule has 0 aliphatic heterocycles. The Morgan fingerprint density at radius 3 is 2.75 bits per heavy atom. The first-order valence-corrected chi connectivity index (χ1v) is 5.02. The van der Waals surface area contributed by atoms with Crippen molar-refractivity contribution < 1.29 is 4.79 Å². The van der Waals surface area contributed by atoms with Gasteiger partial charge in [-0.15, -0.1) is 5.10 Å². The van der Waals surface area contributed by atoms with Crippen LogP contribution in [0.1, 0.15) is 17.5 Å². The summed E-state index contributed by atoms with van der Waals surface area (Å²) >= 11 is 6.02. The normalized spacial score (nSPS) is 10.1. The number of ketones is 1. The Labute approximate surface area is 97.3 Å². The fraction of sp³-hybridized carbons (Fsp3) is 0.0909. The Kier molecular flexibility index (Phi) is 2.92. The van der Waals surface area contributed by atoms with Crippen molar-refractivity contribution in [1.82, 2.24) is 15.2 Å². The highest BCUT2D eigenvalue weighted by molar-refractivity contribution is 6.33. The van der Waals surface area contributed by atoms with E-state index in [4.69, 9.17) is 11.6 Å². The summed E-state index contributed by atoms with van der Waals surface area (Å²) in [5.41, 5.74) is 1.28. The van der Waals surface area contributed by atoms with Crippen LogP contribution in [-0.2, 0) is 0 Å². The summed E-state index contributed by atoms with van der Waals surface area (Å²) in [4.78, 5) is 15.2. The van der Waals surface area contributed by atoms with E-state index < -0.39 is 0 Å². The number of Topliss-reactive ketones (excluding diaryl/α,β-unsaturated/α-hetero) is 1. The summed E-state index contributed by atoms with van der Waals surface area (Å²) in [6.45, 7) is 1.40. The SMILES string of the molecule is CC(=O)c1nncc(-c2ccccc2Cl)n1. The van der Waals surface area contributed by atoms with E-state index in [-0.39, 0.29) is 11.6 Å². The van der Waals surface area contributed by atoms with Crippen molar-refractivity contribution in [3.63, 3.8) is 0 Å². The van der Waals surface area contributed by atoms with Crippen LogP contribution in [0.3, 0.4) is 0 Å². The molecule has 0 fully saturated rings. The third-order valence-electron chi connectivity index (χ3n) is 2.02. The second-order valence-electron chi connectivity index (χ2n) is 3.20. The van der Waals surface area contributed by atoms with E-state index >= 15 is 0 Å². The summed E-state index contributed by atoms with van der Waals surface area (Å²) in [7, 11) is 0. The largest absolute Gasteiger partial charge is 0.291 e. The maximum absolute atomic E-state index is 11.1. The van der Waals surface area contributed by atoms with Gasteiger partial charge in [0.15, 0.2) is 5.78 Å². The third-order valence-corrected chi connectivity index (χ3v) is 2.35. The van der Waals surface area contributed by atoms with Crippen molar-refractivity contribution in [2.45, 2.75) is 6.92 Å². The van der Waals surface area contributed by atoms with Crippen LogP contribution >= 0.6 is 11.6 Å². The molecule has 1 heterocycles. The zero-order chi connectivity index (χ0) is 11.5. The fourth-order valence-electron chi connectivity index (χ4n) is 1.25. The summed E-state index contributed by atoms with van der Waals surface area (Å²) < 4.78 is 0. The zero-order valence-corrected chi connectivity index (χ0v) is 9.27. The molecule has 0 aliphatic rings. The molecule has 0 unspecified atom stereocenters. The van der Waals surface area contributed by atoms with Crippen LogP contribution in [0.2, 0.25) is 5.02 Å². The molecule has 0 aliphatic carbocycles. The highest BCUT2D eigenvalue weighted by atomic mass is 35.5. The lowest BCUT2D eigenvalue weighted by atomic mass is 10.1. The summed E-state index contributed by atoms with van der Waals surface area (Å²) in [5.74, 6) is -0.126. The molecule has 0 amide bonds. The Balaban J connectivity index is 2.53. The molecule has 2 rings (SSSR count). The first-order chi connectivity index (χ1) is 7.68. The van der Waals surface area contributed by atoms with Crippen LogP contribution in [0, 0.1) is 0 Å². The molecule has 80 valence electrons. The van der Waals surface area contributed by atoms with Crippen molar-refractivity contribution in [1.29, 1.82) is 0 Å². The second kappa shape index (κ2) is 4.37. The van der Waals surface area contributed by atoms with Gasteiger partial charge in [0, 0.05) is 12.5 Å². The van der Waals surface area contributed by atoms with Crippen molar-refractivity contribution >= 4 is 17.4 Å². The van der Waals surface area contributed by atoms with E-state index in [9.17, 15) is 4.79 Å². The molecule has 0 radical (unpaired) electrons. The number of rotatable bonds is 2. The van der Waals surface area contributed by atoms with Gasteiger partial charge in [0.05, 0.1) is 16.9 Å². The number of nitrogens with zero attached hydrogens (tertiary/aromatic N) is 3. The van der Waals surface area contributed by atoms with E-state index in [1.807, 2.05) is 18.2 Å². The highest BCUT2D eigenvalue weighted by Crippen LogP contribution is 2.24. The standard InChI is InChI=1S/C11H8ClN3O/c1-7(16)11-14-10(6-13-15-11)8-4-2-3-5-9(8)12/h2-6H,1H3. The molecule has 1 aromatic heterocycles. The van der Waals surface area contributed by atoms with Crippen LogP contribution in [0.5, 0.6) is 0 Å². The summed E-state index contributed by atoms with van der Waals surface area (Å²) in [6, 6.07) is 7.24. The number of aromatic nitrogens is 3. The predicted molar refractivity (Wildman–Crippen MR) is 60.3 cm³/mol. The van der Waals surface area contributed by atoms with Gasteiger partial charge < -0.3 is 0 Å². The van der Waals surface area contributed by atoms with Gasteiger partial charge in [-0.2, -0.15) is 5.10 Å². The predicted octanol–water partition coefficient (Wildman–Crippen LogP) is 2.39. The number of carbonyl (C=O) groups excluding carboxylic acids is 1. The molecule has 0 atom stereocenters. The number of halogens is 1. The van der Waals surface area contributed by atoms with Gasteiger partial charge in [-0.3, -0.25) is 4.79 Å². The molecule has 5 heteroatoms. The van der Waals surface area contributed by atoms with Gasteiger partial charge in [0.2, 0.25) is 5.82 Å². The topological polar surface area (TPSA) is 55.7 Å². The van der Waals surface area contributed by atoms with Crippen LogP contribution in [0.15, 0.2) is 30.5 Å². The Bertz CT molecular complexity index is 542. The molecular formula is C11H8ClN3O. The number of hydrogen-bond donors (Lipinski definition) is 0. The first-order valence-electron chi connectivity index (χ1n) is 4.64.